The predicted octanol–water partition coefficient (Wildman–Crippen LogP) is 1.42. The Hall–Kier alpha value is -1.66. The van der Waals surface area contributed by atoms with Crippen LogP contribution in [-0.2, 0) is 6.54 Å². The number of hydrogen-bond donors (Lipinski definition) is 4. The molecule has 0 aromatic heterocycles. The second kappa shape index (κ2) is 8.50. The summed E-state index contributed by atoms with van der Waals surface area (Å²) in [5, 5.41) is 23.4. The number of hydrogen-bond acceptors (Lipinski definition) is 4. The van der Waals surface area contributed by atoms with E-state index in [2.05, 4.69) is 10.5 Å². The lowest BCUT2D eigenvalue weighted by molar-refractivity contribution is 0.228. The average molecular weight is 283 g/mol. The standard InChI is InChI=1S/C14H22FN3O2/c1-10(9-19)4-3-7-17-8-11-5-2-6-12(13(11)15)14(16)18-20/h2,5-6,10,17,19-20H,3-4,7-9H2,1H3,(H2,16,18). The maximum absolute atomic E-state index is 14.1. The van der Waals surface area contributed by atoms with E-state index < -0.39 is 5.82 Å². The summed E-state index contributed by atoms with van der Waals surface area (Å²) in [5.41, 5.74) is 5.98. The van der Waals surface area contributed by atoms with E-state index in [0.29, 0.717) is 12.1 Å². The molecule has 0 spiro atoms. The molecule has 5 nitrogen and oxygen atoms in total. The van der Waals surface area contributed by atoms with E-state index in [0.717, 1.165) is 19.4 Å². The lowest BCUT2D eigenvalue weighted by atomic mass is 10.1. The van der Waals surface area contributed by atoms with Gasteiger partial charge >= 0.3 is 0 Å². The summed E-state index contributed by atoms with van der Waals surface area (Å²) in [7, 11) is 0. The molecular formula is C14H22FN3O2. The summed E-state index contributed by atoms with van der Waals surface area (Å²) in [5.74, 6) is -0.419. The highest BCUT2D eigenvalue weighted by Crippen LogP contribution is 2.13. The highest BCUT2D eigenvalue weighted by Gasteiger charge is 2.11. The van der Waals surface area contributed by atoms with Crippen LogP contribution in [0.4, 0.5) is 4.39 Å². The third-order valence-corrected chi connectivity index (χ3v) is 3.14. The summed E-state index contributed by atoms with van der Waals surface area (Å²) < 4.78 is 14.1. The zero-order chi connectivity index (χ0) is 15.0. The number of oxime groups is 1. The van der Waals surface area contributed by atoms with Crippen molar-refractivity contribution >= 4 is 5.84 Å². The Bertz CT molecular complexity index is 452. The molecule has 1 unspecified atom stereocenters. The minimum absolute atomic E-state index is 0.0979. The molecule has 6 heteroatoms. The third kappa shape index (κ3) is 4.79. The quantitative estimate of drug-likeness (QED) is 0.191. The molecule has 112 valence electrons. The molecule has 1 atom stereocenters. The van der Waals surface area contributed by atoms with Crippen molar-refractivity contribution in [3.8, 4) is 0 Å². The summed E-state index contributed by atoms with van der Waals surface area (Å²) in [6, 6.07) is 4.80. The van der Waals surface area contributed by atoms with E-state index in [4.69, 9.17) is 16.0 Å². The highest BCUT2D eigenvalue weighted by atomic mass is 19.1. The Morgan fingerprint density at radius 1 is 1.50 bits per heavy atom. The topological polar surface area (TPSA) is 90.9 Å². The zero-order valence-electron chi connectivity index (χ0n) is 11.6. The van der Waals surface area contributed by atoms with Crippen LogP contribution in [0.2, 0.25) is 0 Å². The van der Waals surface area contributed by atoms with E-state index in [1.807, 2.05) is 6.92 Å². The summed E-state index contributed by atoms with van der Waals surface area (Å²) in [6.07, 6.45) is 1.85. The number of nitrogens with one attached hydrogen (secondary N) is 1. The van der Waals surface area contributed by atoms with Gasteiger partial charge in [-0.3, -0.25) is 0 Å². The molecule has 5 N–H and O–H groups in total. The van der Waals surface area contributed by atoms with Gasteiger partial charge < -0.3 is 21.4 Å². The number of amidine groups is 1. The van der Waals surface area contributed by atoms with E-state index in [-0.39, 0.29) is 23.9 Å². The van der Waals surface area contributed by atoms with Gasteiger partial charge in [0, 0.05) is 18.7 Å². The van der Waals surface area contributed by atoms with Gasteiger partial charge in [0.25, 0.3) is 0 Å². The van der Waals surface area contributed by atoms with Crippen LogP contribution in [0.1, 0.15) is 30.9 Å². The molecule has 1 aromatic rings. The highest BCUT2D eigenvalue weighted by molar-refractivity contribution is 5.97. The van der Waals surface area contributed by atoms with Gasteiger partial charge in [0.15, 0.2) is 5.84 Å². The lowest BCUT2D eigenvalue weighted by Crippen LogP contribution is -2.20. The van der Waals surface area contributed by atoms with Gasteiger partial charge in [-0.1, -0.05) is 24.2 Å². The predicted molar refractivity (Wildman–Crippen MR) is 76.1 cm³/mol. The average Bonchev–Trinajstić information content (AvgIpc) is 2.47. The largest absolute Gasteiger partial charge is 0.409 e. The summed E-state index contributed by atoms with van der Waals surface area (Å²) >= 11 is 0. The Labute approximate surface area is 118 Å². The first-order chi connectivity index (χ1) is 9.60. The summed E-state index contributed by atoms with van der Waals surface area (Å²) in [4.78, 5) is 0. The number of aliphatic hydroxyl groups is 1. The fourth-order valence-corrected chi connectivity index (χ4v) is 1.86. The molecule has 20 heavy (non-hydrogen) atoms. The first-order valence-corrected chi connectivity index (χ1v) is 6.67. The third-order valence-electron chi connectivity index (χ3n) is 3.14. The lowest BCUT2D eigenvalue weighted by Gasteiger charge is -2.10. The normalized spacial score (nSPS) is 13.4. The number of rotatable bonds is 8. The van der Waals surface area contributed by atoms with Crippen LogP contribution in [0.15, 0.2) is 23.4 Å². The molecule has 0 heterocycles. The number of aliphatic hydroxyl groups excluding tert-OH is 1. The number of halogens is 1. The van der Waals surface area contributed by atoms with Crippen molar-refractivity contribution in [1.29, 1.82) is 0 Å². The molecule has 0 fully saturated rings. The monoisotopic (exact) mass is 283 g/mol. The summed E-state index contributed by atoms with van der Waals surface area (Å²) in [6.45, 7) is 3.31. The van der Waals surface area contributed by atoms with E-state index in [1.165, 1.54) is 6.07 Å². The van der Waals surface area contributed by atoms with Crippen LogP contribution < -0.4 is 11.1 Å². The Morgan fingerprint density at radius 2 is 2.25 bits per heavy atom. The Kier molecular flexibility index (Phi) is 6.97. The van der Waals surface area contributed by atoms with Crippen molar-refractivity contribution in [2.75, 3.05) is 13.2 Å². The van der Waals surface area contributed by atoms with Gasteiger partial charge in [0.1, 0.15) is 5.82 Å². The van der Waals surface area contributed by atoms with Crippen molar-refractivity contribution in [3.05, 3.63) is 35.1 Å². The Morgan fingerprint density at radius 3 is 2.90 bits per heavy atom. The molecule has 0 saturated carbocycles. The number of nitrogens with two attached hydrogens (primary N) is 1. The fraction of sp³-hybridized carbons (Fsp3) is 0.500. The van der Waals surface area contributed by atoms with E-state index in [1.54, 1.807) is 12.1 Å². The van der Waals surface area contributed by atoms with Crippen molar-refractivity contribution < 1.29 is 14.7 Å². The van der Waals surface area contributed by atoms with Crippen molar-refractivity contribution in [2.24, 2.45) is 16.8 Å². The molecule has 1 rings (SSSR count). The van der Waals surface area contributed by atoms with Gasteiger partial charge in [0.2, 0.25) is 0 Å². The number of nitrogens with zero attached hydrogens (tertiary/aromatic N) is 1. The minimum atomic E-state index is -0.473. The minimum Gasteiger partial charge on any atom is -0.409 e. The maximum Gasteiger partial charge on any atom is 0.173 e. The molecule has 1 aromatic carbocycles. The molecule has 0 amide bonds. The molecular weight excluding hydrogens is 261 g/mol. The van der Waals surface area contributed by atoms with Crippen molar-refractivity contribution in [1.82, 2.24) is 5.32 Å². The fourth-order valence-electron chi connectivity index (χ4n) is 1.86. The molecule has 0 bridgehead atoms. The van der Waals surface area contributed by atoms with Gasteiger partial charge in [0.05, 0.1) is 5.56 Å². The van der Waals surface area contributed by atoms with Gasteiger partial charge in [-0.05, 0) is 31.4 Å². The molecule has 0 aliphatic rings. The zero-order valence-corrected chi connectivity index (χ0v) is 11.6. The molecule has 0 aliphatic carbocycles. The van der Waals surface area contributed by atoms with Gasteiger partial charge in [-0.2, -0.15) is 0 Å². The van der Waals surface area contributed by atoms with Crippen LogP contribution in [-0.4, -0.2) is 29.3 Å². The smallest absolute Gasteiger partial charge is 0.173 e. The molecule has 0 aliphatic heterocycles. The second-order valence-corrected chi connectivity index (χ2v) is 4.87. The van der Waals surface area contributed by atoms with Crippen LogP contribution in [0.3, 0.4) is 0 Å². The van der Waals surface area contributed by atoms with Crippen molar-refractivity contribution in [3.63, 3.8) is 0 Å². The van der Waals surface area contributed by atoms with Crippen LogP contribution >= 0.6 is 0 Å². The first-order valence-electron chi connectivity index (χ1n) is 6.67. The van der Waals surface area contributed by atoms with Crippen LogP contribution in [0, 0.1) is 11.7 Å². The SMILES string of the molecule is CC(CO)CCCNCc1cccc(/C(N)=N/O)c1F. The van der Waals surface area contributed by atoms with Gasteiger partial charge in [-0.15, -0.1) is 0 Å². The van der Waals surface area contributed by atoms with Gasteiger partial charge in [-0.25, -0.2) is 4.39 Å². The molecule has 0 radical (unpaired) electrons. The van der Waals surface area contributed by atoms with Crippen molar-refractivity contribution in [2.45, 2.75) is 26.3 Å². The first kappa shape index (κ1) is 16.4. The second-order valence-electron chi connectivity index (χ2n) is 4.87. The molecule has 0 saturated heterocycles. The number of benzene rings is 1. The maximum atomic E-state index is 14.1. The van der Waals surface area contributed by atoms with E-state index >= 15 is 0 Å². The Balaban J connectivity index is 2.49. The van der Waals surface area contributed by atoms with Crippen LogP contribution in [0.25, 0.3) is 0 Å². The van der Waals surface area contributed by atoms with Crippen LogP contribution in [0.5, 0.6) is 0 Å². The van der Waals surface area contributed by atoms with E-state index in [9.17, 15) is 4.39 Å².